The van der Waals surface area contributed by atoms with Crippen LogP contribution in [0.15, 0.2) is 24.3 Å². The van der Waals surface area contributed by atoms with Gasteiger partial charge in [0.25, 0.3) is 0 Å². The number of sulfone groups is 1. The van der Waals surface area contributed by atoms with E-state index in [1.54, 1.807) is 14.0 Å². The van der Waals surface area contributed by atoms with Gasteiger partial charge in [0, 0.05) is 6.04 Å². The van der Waals surface area contributed by atoms with Gasteiger partial charge in [-0.25, -0.2) is 8.42 Å². The van der Waals surface area contributed by atoms with E-state index in [9.17, 15) is 8.42 Å². The van der Waals surface area contributed by atoms with Crippen molar-refractivity contribution >= 4 is 9.84 Å². The van der Waals surface area contributed by atoms with E-state index in [1.165, 1.54) is 0 Å². The van der Waals surface area contributed by atoms with E-state index in [0.29, 0.717) is 6.61 Å². The fraction of sp³-hybridized carbons (Fsp3) is 0.625. The van der Waals surface area contributed by atoms with Crippen LogP contribution in [0.1, 0.15) is 39.3 Å². The van der Waals surface area contributed by atoms with Crippen molar-refractivity contribution in [2.75, 3.05) is 19.4 Å². The maximum absolute atomic E-state index is 12.4. The Bertz CT molecular complexity index is 523. The summed E-state index contributed by atoms with van der Waals surface area (Å²) in [5.74, 6) is 1.03. The quantitative estimate of drug-likeness (QED) is 0.802. The molecule has 0 aliphatic heterocycles. The number of hydrogen-bond acceptors (Lipinski definition) is 4. The molecule has 1 aromatic carbocycles. The minimum absolute atomic E-state index is 0.108. The first-order chi connectivity index (χ1) is 9.81. The predicted octanol–water partition coefficient (Wildman–Crippen LogP) is 2.81. The van der Waals surface area contributed by atoms with Gasteiger partial charge >= 0.3 is 0 Å². The third kappa shape index (κ3) is 5.00. The molecule has 1 N–H and O–H groups in total. The van der Waals surface area contributed by atoms with Crippen molar-refractivity contribution < 1.29 is 13.2 Å². The van der Waals surface area contributed by atoms with Gasteiger partial charge < -0.3 is 10.1 Å². The fourth-order valence-electron chi connectivity index (χ4n) is 2.11. The molecule has 0 heterocycles. The van der Waals surface area contributed by atoms with E-state index < -0.39 is 9.84 Å². The number of benzene rings is 1. The molecule has 1 rings (SSSR count). The molecular weight excluding hydrogens is 286 g/mol. The molecule has 0 saturated carbocycles. The summed E-state index contributed by atoms with van der Waals surface area (Å²) in [6.07, 6.45) is 0. The summed E-state index contributed by atoms with van der Waals surface area (Å²) in [7, 11) is -1.34. The molecular formula is C16H27NO3S. The van der Waals surface area contributed by atoms with E-state index in [-0.39, 0.29) is 23.0 Å². The van der Waals surface area contributed by atoms with Crippen LogP contribution in [-0.2, 0) is 9.84 Å². The van der Waals surface area contributed by atoms with Crippen LogP contribution in [0.25, 0.3) is 0 Å². The lowest BCUT2D eigenvalue weighted by molar-refractivity contribution is 0.340. The third-order valence-corrected chi connectivity index (χ3v) is 6.32. The van der Waals surface area contributed by atoms with Crippen LogP contribution in [0.5, 0.6) is 5.75 Å². The Labute approximate surface area is 128 Å². The van der Waals surface area contributed by atoms with Crippen LogP contribution in [0.2, 0.25) is 0 Å². The van der Waals surface area contributed by atoms with Crippen LogP contribution in [0.4, 0.5) is 0 Å². The fourth-order valence-corrected chi connectivity index (χ4v) is 4.06. The molecule has 0 amide bonds. The van der Waals surface area contributed by atoms with Crippen LogP contribution >= 0.6 is 0 Å². The second kappa shape index (κ2) is 7.80. The minimum Gasteiger partial charge on any atom is -0.494 e. The number of ether oxygens (including phenoxy) is 1. The highest BCUT2D eigenvalue weighted by Crippen LogP contribution is 2.22. The van der Waals surface area contributed by atoms with E-state index in [0.717, 1.165) is 11.3 Å². The molecule has 0 aliphatic carbocycles. The zero-order valence-electron chi connectivity index (χ0n) is 13.6. The van der Waals surface area contributed by atoms with Gasteiger partial charge in [-0.1, -0.05) is 26.0 Å². The Morgan fingerprint density at radius 3 is 2.14 bits per heavy atom. The molecule has 4 nitrogen and oxygen atoms in total. The Morgan fingerprint density at radius 2 is 1.71 bits per heavy atom. The maximum atomic E-state index is 12.4. The summed E-state index contributed by atoms with van der Waals surface area (Å²) >= 11 is 0. The number of nitrogens with one attached hydrogen (secondary N) is 1. The molecule has 5 heteroatoms. The summed E-state index contributed by atoms with van der Waals surface area (Å²) in [6, 6.07) is 7.39. The SMILES string of the molecule is CCOc1ccc(C(CS(=O)(=O)C(C)C(C)C)NC)cc1. The van der Waals surface area contributed by atoms with Crippen molar-refractivity contribution in [3.05, 3.63) is 29.8 Å². The first kappa shape index (κ1) is 18.0. The van der Waals surface area contributed by atoms with Gasteiger partial charge in [-0.05, 0) is 44.5 Å². The Kier molecular flexibility index (Phi) is 6.68. The van der Waals surface area contributed by atoms with Gasteiger partial charge in [0.1, 0.15) is 5.75 Å². The molecule has 0 radical (unpaired) electrons. The van der Waals surface area contributed by atoms with Gasteiger partial charge in [-0.15, -0.1) is 0 Å². The number of hydrogen-bond donors (Lipinski definition) is 1. The number of rotatable bonds is 8. The maximum Gasteiger partial charge on any atom is 0.155 e. The van der Waals surface area contributed by atoms with Gasteiger partial charge in [0.2, 0.25) is 0 Å². The van der Waals surface area contributed by atoms with Crippen molar-refractivity contribution in [3.63, 3.8) is 0 Å². The lowest BCUT2D eigenvalue weighted by atomic mass is 10.1. The normalized spacial score (nSPS) is 15.0. The summed E-state index contributed by atoms with van der Waals surface area (Å²) < 4.78 is 30.2. The largest absolute Gasteiger partial charge is 0.494 e. The molecule has 0 aromatic heterocycles. The Hall–Kier alpha value is -1.07. The first-order valence-electron chi connectivity index (χ1n) is 7.43. The summed E-state index contributed by atoms with van der Waals surface area (Å²) in [6.45, 7) is 8.21. The molecule has 0 bridgehead atoms. The average Bonchev–Trinajstić information content (AvgIpc) is 2.45. The average molecular weight is 313 g/mol. The molecule has 2 atom stereocenters. The van der Waals surface area contributed by atoms with Gasteiger partial charge in [-0.3, -0.25) is 0 Å². The highest BCUT2D eigenvalue weighted by atomic mass is 32.2. The predicted molar refractivity (Wildman–Crippen MR) is 87.5 cm³/mol. The highest BCUT2D eigenvalue weighted by molar-refractivity contribution is 7.92. The van der Waals surface area contributed by atoms with E-state index in [4.69, 9.17) is 4.74 Å². The van der Waals surface area contributed by atoms with Crippen LogP contribution < -0.4 is 10.1 Å². The second-order valence-corrected chi connectivity index (χ2v) is 8.02. The second-order valence-electron chi connectivity index (χ2n) is 5.62. The summed E-state index contributed by atoms with van der Waals surface area (Å²) in [5, 5.41) is 2.76. The third-order valence-electron chi connectivity index (χ3n) is 3.85. The van der Waals surface area contributed by atoms with Crippen molar-refractivity contribution in [2.24, 2.45) is 5.92 Å². The van der Waals surface area contributed by atoms with E-state index >= 15 is 0 Å². The lowest BCUT2D eigenvalue weighted by Gasteiger charge is -2.22. The smallest absolute Gasteiger partial charge is 0.155 e. The van der Waals surface area contributed by atoms with Gasteiger partial charge in [0.05, 0.1) is 17.6 Å². The molecule has 120 valence electrons. The van der Waals surface area contributed by atoms with Crippen molar-refractivity contribution in [3.8, 4) is 5.75 Å². The van der Waals surface area contributed by atoms with Crippen molar-refractivity contribution in [1.29, 1.82) is 0 Å². The van der Waals surface area contributed by atoms with Crippen LogP contribution in [0.3, 0.4) is 0 Å². The topological polar surface area (TPSA) is 55.4 Å². The van der Waals surface area contributed by atoms with E-state index in [1.807, 2.05) is 45.0 Å². The monoisotopic (exact) mass is 313 g/mol. The van der Waals surface area contributed by atoms with E-state index in [2.05, 4.69) is 5.32 Å². The van der Waals surface area contributed by atoms with Crippen molar-refractivity contribution in [1.82, 2.24) is 5.32 Å². The van der Waals surface area contributed by atoms with Crippen molar-refractivity contribution in [2.45, 2.75) is 39.0 Å². The Balaban J connectivity index is 2.88. The van der Waals surface area contributed by atoms with Gasteiger partial charge in [-0.2, -0.15) is 0 Å². The summed E-state index contributed by atoms with van der Waals surface area (Å²) in [4.78, 5) is 0. The molecule has 1 aromatic rings. The zero-order chi connectivity index (χ0) is 16.0. The zero-order valence-corrected chi connectivity index (χ0v) is 14.4. The molecule has 2 unspecified atom stereocenters. The molecule has 0 aliphatic rings. The molecule has 21 heavy (non-hydrogen) atoms. The lowest BCUT2D eigenvalue weighted by Crippen LogP contribution is -2.32. The highest BCUT2D eigenvalue weighted by Gasteiger charge is 2.27. The first-order valence-corrected chi connectivity index (χ1v) is 9.15. The van der Waals surface area contributed by atoms with Crippen LogP contribution in [0, 0.1) is 5.92 Å². The molecule has 0 saturated heterocycles. The summed E-state index contributed by atoms with van der Waals surface area (Å²) in [5.41, 5.74) is 0.959. The standard InChI is InChI=1S/C16H27NO3S/c1-6-20-15-9-7-14(8-10-15)16(17-5)11-21(18,19)13(4)12(2)3/h7-10,12-13,16-17H,6,11H2,1-5H3. The van der Waals surface area contributed by atoms with Crippen LogP contribution in [-0.4, -0.2) is 33.1 Å². The Morgan fingerprint density at radius 1 is 1.14 bits per heavy atom. The van der Waals surface area contributed by atoms with Gasteiger partial charge in [0.15, 0.2) is 9.84 Å². The molecule has 0 fully saturated rings. The minimum atomic E-state index is -3.13. The molecule has 0 spiro atoms.